The molecule has 25 heavy (non-hydrogen) atoms. The van der Waals surface area contributed by atoms with E-state index >= 15 is 0 Å². The number of phenols is 1. The van der Waals surface area contributed by atoms with Crippen LogP contribution in [0.5, 0.6) is 5.75 Å². The summed E-state index contributed by atoms with van der Waals surface area (Å²) in [5.74, 6) is -0.0608. The zero-order valence-electron chi connectivity index (χ0n) is 13.7. The lowest BCUT2D eigenvalue weighted by Gasteiger charge is -2.09. The number of carbonyl (C=O) groups is 1. The highest BCUT2D eigenvalue weighted by molar-refractivity contribution is 6.30. The smallest absolute Gasteiger partial charge is 0.258 e. The minimum absolute atomic E-state index is 0.0316. The van der Waals surface area contributed by atoms with E-state index in [2.05, 4.69) is 21.4 Å². The molecule has 6 nitrogen and oxygen atoms in total. The van der Waals surface area contributed by atoms with Gasteiger partial charge in [0.2, 0.25) is 0 Å². The highest BCUT2D eigenvalue weighted by atomic mass is 35.5. The summed E-state index contributed by atoms with van der Waals surface area (Å²) < 4.78 is 0. The summed E-state index contributed by atoms with van der Waals surface area (Å²) in [6.45, 7) is 1.77. The number of hydrazine groups is 1. The fraction of sp³-hybridized carbons (Fsp3) is 0.222. The Morgan fingerprint density at radius 3 is 2.72 bits per heavy atom. The lowest BCUT2D eigenvalue weighted by molar-refractivity contribution is -0.122. The van der Waals surface area contributed by atoms with Crippen LogP contribution in [0, 0.1) is 0 Å². The van der Waals surface area contributed by atoms with E-state index in [1.165, 1.54) is 0 Å². The van der Waals surface area contributed by atoms with Gasteiger partial charge in [-0.2, -0.15) is 5.10 Å². The van der Waals surface area contributed by atoms with Crippen molar-refractivity contribution in [3.8, 4) is 5.75 Å². The number of halogens is 1. The minimum atomic E-state index is -0.388. The standard InChI is InChI=1S/C18H19ClN4O2/c1-11(13-3-2-4-15(24)9-13)20-23-18(25)17-10-16(21-22-17)12-5-7-14(19)8-6-12/h2-9,16-17,21-22,24H,10H2,1H3,(H,23,25)/b20-11-. The van der Waals surface area contributed by atoms with E-state index in [0.29, 0.717) is 17.2 Å². The number of nitrogens with one attached hydrogen (secondary N) is 3. The van der Waals surface area contributed by atoms with Crippen LogP contribution in [0.4, 0.5) is 0 Å². The van der Waals surface area contributed by atoms with E-state index in [1.807, 2.05) is 30.3 Å². The third-order valence-corrected chi connectivity index (χ3v) is 4.34. The number of hydrogen-bond acceptors (Lipinski definition) is 5. The third kappa shape index (κ3) is 4.36. The Hall–Kier alpha value is -2.41. The monoisotopic (exact) mass is 358 g/mol. The van der Waals surface area contributed by atoms with Crippen LogP contribution in [0.2, 0.25) is 5.02 Å². The second-order valence-electron chi connectivity index (χ2n) is 5.90. The van der Waals surface area contributed by atoms with E-state index in [0.717, 1.165) is 11.1 Å². The Kier molecular flexibility index (Phi) is 5.33. The molecule has 2 atom stereocenters. The van der Waals surface area contributed by atoms with Gasteiger partial charge < -0.3 is 5.11 Å². The number of hydrogen-bond donors (Lipinski definition) is 4. The molecule has 2 aromatic carbocycles. The van der Waals surface area contributed by atoms with Crippen LogP contribution < -0.4 is 16.3 Å². The number of rotatable bonds is 4. The van der Waals surface area contributed by atoms with Crippen LogP contribution in [0.15, 0.2) is 53.6 Å². The van der Waals surface area contributed by atoms with Crippen molar-refractivity contribution in [1.29, 1.82) is 0 Å². The molecule has 1 heterocycles. The Morgan fingerprint density at radius 1 is 1.24 bits per heavy atom. The quantitative estimate of drug-likeness (QED) is 0.499. The van der Waals surface area contributed by atoms with E-state index in [9.17, 15) is 9.90 Å². The van der Waals surface area contributed by atoms with E-state index in [-0.39, 0.29) is 23.7 Å². The van der Waals surface area contributed by atoms with E-state index in [4.69, 9.17) is 11.6 Å². The molecule has 3 rings (SSSR count). The summed E-state index contributed by atoms with van der Waals surface area (Å²) in [7, 11) is 0. The van der Waals surface area contributed by atoms with Gasteiger partial charge in [-0.15, -0.1) is 0 Å². The first-order valence-corrected chi connectivity index (χ1v) is 8.31. The van der Waals surface area contributed by atoms with Crippen molar-refractivity contribution >= 4 is 23.2 Å². The number of nitrogens with zero attached hydrogens (tertiary/aromatic N) is 1. The van der Waals surface area contributed by atoms with Crippen molar-refractivity contribution in [1.82, 2.24) is 16.3 Å². The molecule has 1 aliphatic heterocycles. The largest absolute Gasteiger partial charge is 0.508 e. The Bertz CT molecular complexity index is 792. The van der Waals surface area contributed by atoms with Gasteiger partial charge in [0, 0.05) is 16.6 Å². The first-order valence-electron chi connectivity index (χ1n) is 7.93. The SMILES string of the molecule is C/C(=N/NC(=O)C1CC(c2ccc(Cl)cc2)NN1)c1cccc(O)c1. The third-order valence-electron chi connectivity index (χ3n) is 4.09. The summed E-state index contributed by atoms with van der Waals surface area (Å²) in [6, 6.07) is 13.9. The molecule has 0 aliphatic carbocycles. The lowest BCUT2D eigenvalue weighted by Crippen LogP contribution is -2.41. The van der Waals surface area contributed by atoms with Gasteiger partial charge in [0.05, 0.1) is 5.71 Å². The topological polar surface area (TPSA) is 85.8 Å². The average molecular weight is 359 g/mol. The molecule has 1 aliphatic rings. The zero-order chi connectivity index (χ0) is 17.8. The van der Waals surface area contributed by atoms with Crippen molar-refractivity contribution in [2.24, 2.45) is 5.10 Å². The average Bonchev–Trinajstić information content (AvgIpc) is 3.10. The van der Waals surface area contributed by atoms with E-state index in [1.54, 1.807) is 25.1 Å². The molecule has 0 spiro atoms. The molecule has 2 unspecified atom stereocenters. The normalized spacial score (nSPS) is 20.5. The highest BCUT2D eigenvalue weighted by Gasteiger charge is 2.30. The van der Waals surface area contributed by atoms with E-state index < -0.39 is 0 Å². The summed E-state index contributed by atoms with van der Waals surface area (Å²) in [5.41, 5.74) is 11.1. The molecule has 1 saturated heterocycles. The molecule has 0 saturated carbocycles. The van der Waals surface area contributed by atoms with Crippen molar-refractivity contribution in [2.75, 3.05) is 0 Å². The lowest BCUT2D eigenvalue weighted by atomic mass is 10.0. The Morgan fingerprint density at radius 2 is 2.00 bits per heavy atom. The highest BCUT2D eigenvalue weighted by Crippen LogP contribution is 2.23. The van der Waals surface area contributed by atoms with Crippen LogP contribution in [0.3, 0.4) is 0 Å². The Labute approximate surface area is 150 Å². The fourth-order valence-corrected chi connectivity index (χ4v) is 2.78. The molecule has 1 amide bonds. The molecule has 1 fully saturated rings. The van der Waals surface area contributed by atoms with Gasteiger partial charge >= 0.3 is 0 Å². The second kappa shape index (κ2) is 7.65. The molecule has 0 aromatic heterocycles. The molecular formula is C18H19ClN4O2. The molecular weight excluding hydrogens is 340 g/mol. The van der Waals surface area contributed by atoms with Crippen molar-refractivity contribution in [3.63, 3.8) is 0 Å². The van der Waals surface area contributed by atoms with Crippen LogP contribution >= 0.6 is 11.6 Å². The molecule has 7 heteroatoms. The maximum absolute atomic E-state index is 12.3. The molecule has 2 aromatic rings. The van der Waals surface area contributed by atoms with Crippen LogP contribution in [0.25, 0.3) is 0 Å². The van der Waals surface area contributed by atoms with Crippen LogP contribution in [-0.4, -0.2) is 22.8 Å². The number of hydrazone groups is 1. The number of aromatic hydroxyl groups is 1. The molecule has 0 radical (unpaired) electrons. The number of benzene rings is 2. The summed E-state index contributed by atoms with van der Waals surface area (Å²) in [4.78, 5) is 12.3. The first kappa shape index (κ1) is 17.4. The fourth-order valence-electron chi connectivity index (χ4n) is 2.65. The first-order chi connectivity index (χ1) is 12.0. The zero-order valence-corrected chi connectivity index (χ0v) is 14.4. The van der Waals surface area contributed by atoms with Gasteiger partial charge in [0.25, 0.3) is 5.91 Å². The second-order valence-corrected chi connectivity index (χ2v) is 6.34. The van der Waals surface area contributed by atoms with Gasteiger partial charge in [-0.05, 0) is 43.2 Å². The summed E-state index contributed by atoms with van der Waals surface area (Å²) in [5, 5.41) is 14.3. The van der Waals surface area contributed by atoms with Crippen molar-refractivity contribution in [3.05, 3.63) is 64.7 Å². The van der Waals surface area contributed by atoms with Gasteiger partial charge in [0.15, 0.2) is 0 Å². The maximum Gasteiger partial charge on any atom is 0.258 e. The van der Waals surface area contributed by atoms with Crippen LogP contribution in [0.1, 0.15) is 30.5 Å². The van der Waals surface area contributed by atoms with Gasteiger partial charge in [-0.1, -0.05) is 35.9 Å². The van der Waals surface area contributed by atoms with Crippen LogP contribution in [-0.2, 0) is 4.79 Å². The predicted octanol–water partition coefficient (Wildman–Crippen LogP) is 2.49. The minimum Gasteiger partial charge on any atom is -0.508 e. The summed E-state index contributed by atoms with van der Waals surface area (Å²) >= 11 is 5.90. The van der Waals surface area contributed by atoms with Gasteiger partial charge in [0.1, 0.15) is 11.8 Å². The molecule has 0 bridgehead atoms. The molecule has 4 N–H and O–H groups in total. The maximum atomic E-state index is 12.3. The van der Waals surface area contributed by atoms with Gasteiger partial charge in [-0.3, -0.25) is 4.79 Å². The Balaban J connectivity index is 1.59. The number of amides is 1. The molecule has 130 valence electrons. The summed E-state index contributed by atoms with van der Waals surface area (Å²) in [6.07, 6.45) is 0.605. The number of phenolic OH excluding ortho intramolecular Hbond substituents is 1. The van der Waals surface area contributed by atoms with Crippen molar-refractivity contribution in [2.45, 2.75) is 25.4 Å². The number of carbonyl (C=O) groups excluding carboxylic acids is 1. The van der Waals surface area contributed by atoms with Gasteiger partial charge in [-0.25, -0.2) is 16.3 Å². The van der Waals surface area contributed by atoms with Crippen molar-refractivity contribution < 1.29 is 9.90 Å². The predicted molar refractivity (Wildman–Crippen MR) is 97.3 cm³/mol.